The number of benzene rings is 2. The second kappa shape index (κ2) is 9.53. The van der Waals surface area contributed by atoms with Gasteiger partial charge in [0.05, 0.1) is 18.6 Å². The topological polar surface area (TPSA) is 49.9 Å². The molecule has 0 bridgehead atoms. The first-order valence-corrected chi connectivity index (χ1v) is 10.7. The smallest absolute Gasteiger partial charge is 0.293 e. The summed E-state index contributed by atoms with van der Waals surface area (Å²) in [4.78, 5) is 28.7. The molecule has 1 saturated heterocycles. The fourth-order valence-corrected chi connectivity index (χ4v) is 4.28. The lowest BCUT2D eigenvalue weighted by atomic mass is 10.1. The minimum Gasteiger partial charge on any atom is -0.496 e. The number of thioether (sulfide) groups is 1. The molecule has 2 aromatic rings. The van der Waals surface area contributed by atoms with Crippen molar-refractivity contribution in [2.45, 2.75) is 20.4 Å². The fourth-order valence-electron chi connectivity index (χ4n) is 3.22. The molecular formula is C22H22ClFN2O3S. The number of hydrogen-bond acceptors (Lipinski definition) is 5. The molecule has 158 valence electrons. The van der Waals surface area contributed by atoms with Crippen molar-refractivity contribution in [3.8, 4) is 5.75 Å². The molecule has 1 aliphatic heterocycles. The van der Waals surface area contributed by atoms with Crippen molar-refractivity contribution < 1.29 is 18.7 Å². The summed E-state index contributed by atoms with van der Waals surface area (Å²) in [6.07, 6.45) is 1.62. The third-order valence-corrected chi connectivity index (χ3v) is 6.15. The Morgan fingerprint density at radius 3 is 2.57 bits per heavy atom. The van der Waals surface area contributed by atoms with E-state index in [0.29, 0.717) is 11.3 Å². The molecule has 5 nitrogen and oxygen atoms in total. The monoisotopic (exact) mass is 448 g/mol. The Kier molecular flexibility index (Phi) is 7.05. The minimum atomic E-state index is -0.556. The average Bonchev–Trinajstić information content (AvgIpc) is 2.99. The van der Waals surface area contributed by atoms with Gasteiger partial charge < -0.3 is 9.64 Å². The first kappa shape index (κ1) is 22.2. The molecule has 0 spiro atoms. The first-order valence-electron chi connectivity index (χ1n) is 9.50. The SMILES string of the molecule is CCN(CC)c1ccc(/C=C2\SC(=O)N(Cc3c(F)cccc3Cl)C2=O)c(OC)c1. The molecule has 0 saturated carbocycles. The summed E-state index contributed by atoms with van der Waals surface area (Å²) in [5, 5.41) is -0.295. The van der Waals surface area contributed by atoms with Crippen LogP contribution in [-0.4, -0.2) is 36.2 Å². The van der Waals surface area contributed by atoms with Crippen molar-refractivity contribution in [2.75, 3.05) is 25.1 Å². The zero-order valence-electron chi connectivity index (χ0n) is 16.9. The van der Waals surface area contributed by atoms with Gasteiger partial charge in [-0.15, -0.1) is 0 Å². The number of amides is 2. The normalized spacial score (nSPS) is 15.2. The summed E-state index contributed by atoms with van der Waals surface area (Å²) in [7, 11) is 1.56. The molecule has 2 aromatic carbocycles. The van der Waals surface area contributed by atoms with Crippen LogP contribution in [0.25, 0.3) is 6.08 Å². The van der Waals surface area contributed by atoms with Gasteiger partial charge in [0, 0.05) is 41.0 Å². The lowest BCUT2D eigenvalue weighted by Gasteiger charge is -2.22. The van der Waals surface area contributed by atoms with Crippen LogP contribution in [-0.2, 0) is 11.3 Å². The number of anilines is 1. The lowest BCUT2D eigenvalue weighted by Crippen LogP contribution is -2.28. The molecule has 1 aliphatic rings. The van der Waals surface area contributed by atoms with Crippen LogP contribution < -0.4 is 9.64 Å². The van der Waals surface area contributed by atoms with E-state index in [2.05, 4.69) is 18.7 Å². The third-order valence-electron chi connectivity index (χ3n) is 4.88. The molecular weight excluding hydrogens is 427 g/mol. The van der Waals surface area contributed by atoms with Crippen LogP contribution in [0.2, 0.25) is 5.02 Å². The van der Waals surface area contributed by atoms with E-state index in [0.717, 1.165) is 35.4 Å². The predicted molar refractivity (Wildman–Crippen MR) is 119 cm³/mol. The number of ether oxygens (including phenoxy) is 1. The summed E-state index contributed by atoms with van der Waals surface area (Å²) in [6.45, 7) is 5.64. The highest BCUT2D eigenvalue weighted by molar-refractivity contribution is 8.18. The maximum Gasteiger partial charge on any atom is 0.293 e. The zero-order valence-corrected chi connectivity index (χ0v) is 18.5. The van der Waals surface area contributed by atoms with Crippen molar-refractivity contribution in [3.63, 3.8) is 0 Å². The van der Waals surface area contributed by atoms with Crippen LogP contribution in [0.1, 0.15) is 25.0 Å². The Bertz CT molecular complexity index is 988. The standard InChI is InChI=1S/C22H22ClFN2O3S/c1-4-25(5-2)15-10-9-14(19(12-15)29-3)11-20-21(27)26(22(28)30-20)13-16-17(23)7-6-8-18(16)24/h6-12H,4-5,13H2,1-3H3/b20-11-. The van der Waals surface area contributed by atoms with E-state index in [1.54, 1.807) is 13.2 Å². The molecule has 1 heterocycles. The number of halogens is 2. The molecule has 3 rings (SSSR count). The second-order valence-electron chi connectivity index (χ2n) is 6.57. The first-order chi connectivity index (χ1) is 14.4. The Labute approximate surface area is 184 Å². The minimum absolute atomic E-state index is 0.115. The molecule has 0 N–H and O–H groups in total. The summed E-state index contributed by atoms with van der Waals surface area (Å²) in [6, 6.07) is 9.96. The van der Waals surface area contributed by atoms with Crippen molar-refractivity contribution >= 4 is 46.3 Å². The fraction of sp³-hybridized carbons (Fsp3) is 0.273. The van der Waals surface area contributed by atoms with E-state index in [-0.39, 0.29) is 22.0 Å². The van der Waals surface area contributed by atoms with Gasteiger partial charge in [-0.1, -0.05) is 17.7 Å². The number of rotatable bonds is 7. The summed E-state index contributed by atoms with van der Waals surface area (Å²) in [5.74, 6) is -0.443. The van der Waals surface area contributed by atoms with Gasteiger partial charge in [0.2, 0.25) is 0 Å². The van der Waals surface area contributed by atoms with Crippen LogP contribution in [0.3, 0.4) is 0 Å². The average molecular weight is 449 g/mol. The number of methoxy groups -OCH3 is 1. The van der Waals surface area contributed by atoms with E-state index in [1.807, 2.05) is 18.2 Å². The van der Waals surface area contributed by atoms with Gasteiger partial charge in [0.15, 0.2) is 0 Å². The van der Waals surface area contributed by atoms with Gasteiger partial charge in [0.25, 0.3) is 11.1 Å². The summed E-state index contributed by atoms with van der Waals surface area (Å²) < 4.78 is 19.6. The molecule has 8 heteroatoms. The van der Waals surface area contributed by atoms with E-state index in [4.69, 9.17) is 16.3 Å². The van der Waals surface area contributed by atoms with Crippen LogP contribution in [0.5, 0.6) is 5.75 Å². The third kappa shape index (κ3) is 4.47. The predicted octanol–water partition coefficient (Wildman–Crippen LogP) is 5.57. The largest absolute Gasteiger partial charge is 0.496 e. The van der Waals surface area contributed by atoms with Gasteiger partial charge in [-0.25, -0.2) is 4.39 Å². The maximum atomic E-state index is 14.1. The molecule has 1 fully saturated rings. The van der Waals surface area contributed by atoms with E-state index in [1.165, 1.54) is 18.2 Å². The number of nitrogens with zero attached hydrogens (tertiary/aromatic N) is 2. The van der Waals surface area contributed by atoms with Crippen molar-refractivity contribution in [1.29, 1.82) is 0 Å². The Morgan fingerprint density at radius 2 is 1.93 bits per heavy atom. The molecule has 0 radical (unpaired) electrons. The highest BCUT2D eigenvalue weighted by atomic mass is 35.5. The van der Waals surface area contributed by atoms with Crippen molar-refractivity contribution in [2.24, 2.45) is 0 Å². The second-order valence-corrected chi connectivity index (χ2v) is 7.97. The molecule has 0 unspecified atom stereocenters. The van der Waals surface area contributed by atoms with Crippen molar-refractivity contribution in [3.05, 3.63) is 63.3 Å². The van der Waals surface area contributed by atoms with Gasteiger partial charge in [-0.05, 0) is 56.0 Å². The molecule has 2 amide bonds. The molecule has 0 aromatic heterocycles. The van der Waals surface area contributed by atoms with Crippen LogP contribution in [0.15, 0.2) is 41.3 Å². The Morgan fingerprint density at radius 1 is 1.20 bits per heavy atom. The van der Waals surface area contributed by atoms with Crippen molar-refractivity contribution in [1.82, 2.24) is 4.90 Å². The van der Waals surface area contributed by atoms with Gasteiger partial charge in [-0.3, -0.25) is 14.5 Å². The number of carbonyl (C=O) groups is 2. The van der Waals surface area contributed by atoms with E-state index < -0.39 is 17.0 Å². The number of imide groups is 1. The zero-order chi connectivity index (χ0) is 21.8. The maximum absolute atomic E-state index is 14.1. The van der Waals surface area contributed by atoms with Crippen LogP contribution in [0.4, 0.5) is 14.9 Å². The molecule has 30 heavy (non-hydrogen) atoms. The van der Waals surface area contributed by atoms with Gasteiger partial charge in [-0.2, -0.15) is 0 Å². The molecule has 0 atom stereocenters. The van der Waals surface area contributed by atoms with E-state index in [9.17, 15) is 14.0 Å². The van der Waals surface area contributed by atoms with Gasteiger partial charge in [0.1, 0.15) is 11.6 Å². The van der Waals surface area contributed by atoms with Gasteiger partial charge >= 0.3 is 0 Å². The Hall–Kier alpha value is -2.51. The number of hydrogen-bond donors (Lipinski definition) is 0. The quantitative estimate of drug-likeness (QED) is 0.518. The van der Waals surface area contributed by atoms with E-state index >= 15 is 0 Å². The van der Waals surface area contributed by atoms with Crippen LogP contribution in [0, 0.1) is 5.82 Å². The lowest BCUT2D eigenvalue weighted by molar-refractivity contribution is -0.123. The highest BCUT2D eigenvalue weighted by Crippen LogP contribution is 2.36. The summed E-state index contributed by atoms with van der Waals surface area (Å²) in [5.41, 5.74) is 1.81. The summed E-state index contributed by atoms with van der Waals surface area (Å²) >= 11 is 6.86. The molecule has 0 aliphatic carbocycles. The number of carbonyl (C=O) groups excluding carboxylic acids is 2. The van der Waals surface area contributed by atoms with Crippen LogP contribution >= 0.6 is 23.4 Å². The Balaban J connectivity index is 1.88. The highest BCUT2D eigenvalue weighted by Gasteiger charge is 2.36.